The van der Waals surface area contributed by atoms with E-state index in [0.717, 1.165) is 0 Å². The molecule has 4 heteroatoms. The first-order chi connectivity index (χ1) is 6.15. The Kier molecular flexibility index (Phi) is 2.87. The van der Waals surface area contributed by atoms with Crippen molar-refractivity contribution in [2.24, 2.45) is 0 Å². The Morgan fingerprint density at radius 1 is 1.38 bits per heavy atom. The van der Waals surface area contributed by atoms with Gasteiger partial charge in [-0.1, -0.05) is 12.1 Å². The molecule has 70 valence electrons. The van der Waals surface area contributed by atoms with E-state index in [9.17, 15) is 4.79 Å². The first-order valence-electron chi connectivity index (χ1n) is 3.79. The van der Waals surface area contributed by atoms with Crippen LogP contribution in [0.15, 0.2) is 24.3 Å². The average Bonchev–Trinajstić information content (AvgIpc) is 2.17. The second-order valence-corrected chi connectivity index (χ2v) is 2.72. The lowest BCUT2D eigenvalue weighted by Gasteiger charge is -2.05. The largest absolute Gasteiger partial charge is 0.481 e. The molecule has 0 aliphatic carbocycles. The van der Waals surface area contributed by atoms with Crippen molar-refractivity contribution in [1.82, 2.24) is 0 Å². The van der Waals surface area contributed by atoms with Gasteiger partial charge in [-0.15, -0.1) is 0 Å². The fraction of sp³-hybridized carbons (Fsp3) is 0.222. The van der Waals surface area contributed by atoms with E-state index in [-0.39, 0.29) is 0 Å². The summed E-state index contributed by atoms with van der Waals surface area (Å²) in [7, 11) is 0. The number of carboxylic acid groups (broad SMARTS) is 1. The van der Waals surface area contributed by atoms with Crippen molar-refractivity contribution < 1.29 is 20.0 Å². The molecule has 0 fully saturated rings. The molecule has 1 atom stereocenters. The Morgan fingerprint density at radius 3 is 2.31 bits per heavy atom. The van der Waals surface area contributed by atoms with Crippen LogP contribution in [0.25, 0.3) is 0 Å². The third-order valence-corrected chi connectivity index (χ3v) is 1.86. The highest BCUT2D eigenvalue weighted by Gasteiger charge is 2.12. The summed E-state index contributed by atoms with van der Waals surface area (Å²) in [6.45, 7) is 1.59. The zero-order chi connectivity index (χ0) is 9.84. The number of carbonyl (C=O) groups is 1. The summed E-state index contributed by atoms with van der Waals surface area (Å²) in [5, 5.41) is 16.9. The van der Waals surface area contributed by atoms with Crippen LogP contribution in [0.4, 0.5) is 0 Å². The van der Waals surface area contributed by atoms with Crippen LogP contribution in [0.2, 0.25) is 0 Å². The van der Waals surface area contributed by atoms with Gasteiger partial charge in [-0.05, 0) is 24.6 Å². The highest BCUT2D eigenvalue weighted by molar-refractivity contribution is 5.75. The Hall–Kier alpha value is -1.55. The second-order valence-electron chi connectivity index (χ2n) is 2.72. The van der Waals surface area contributed by atoms with Crippen LogP contribution in [0.1, 0.15) is 18.4 Å². The summed E-state index contributed by atoms with van der Waals surface area (Å²) in [5.74, 6) is -1.13. The summed E-state index contributed by atoms with van der Waals surface area (Å²) < 4.78 is 0. The van der Waals surface area contributed by atoms with Gasteiger partial charge in [0.15, 0.2) is 5.75 Å². The smallest absolute Gasteiger partial charge is 0.310 e. The number of hydrogen-bond acceptors (Lipinski definition) is 3. The van der Waals surface area contributed by atoms with Crippen molar-refractivity contribution in [3.8, 4) is 5.75 Å². The van der Waals surface area contributed by atoms with E-state index in [2.05, 4.69) is 4.89 Å². The molecule has 1 unspecified atom stereocenters. The lowest BCUT2D eigenvalue weighted by Crippen LogP contribution is -2.06. The van der Waals surface area contributed by atoms with Gasteiger partial charge in [-0.3, -0.25) is 4.79 Å². The van der Waals surface area contributed by atoms with Gasteiger partial charge in [0, 0.05) is 0 Å². The Labute approximate surface area is 75.3 Å². The standard InChI is InChI=1S/C9H10O4/c1-6(9(10)11)7-2-4-8(13-12)5-3-7/h2-6,12H,1H3,(H,10,11). The van der Waals surface area contributed by atoms with Crippen molar-refractivity contribution in [3.05, 3.63) is 29.8 Å². The van der Waals surface area contributed by atoms with Crippen LogP contribution in [0.5, 0.6) is 5.75 Å². The molecule has 0 amide bonds. The molecule has 0 saturated heterocycles. The SMILES string of the molecule is CC(C(=O)O)c1ccc(OO)cc1. The lowest BCUT2D eigenvalue weighted by molar-refractivity contribution is -0.138. The molecule has 1 rings (SSSR count). The van der Waals surface area contributed by atoms with Gasteiger partial charge in [-0.25, -0.2) is 5.26 Å². The van der Waals surface area contributed by atoms with Gasteiger partial charge >= 0.3 is 5.97 Å². The first-order valence-corrected chi connectivity index (χ1v) is 3.79. The molecule has 0 heterocycles. The topological polar surface area (TPSA) is 66.8 Å². The predicted molar refractivity (Wildman–Crippen MR) is 45.7 cm³/mol. The summed E-state index contributed by atoms with van der Waals surface area (Å²) in [4.78, 5) is 14.5. The summed E-state index contributed by atoms with van der Waals surface area (Å²) >= 11 is 0. The molecule has 0 radical (unpaired) electrons. The van der Waals surface area contributed by atoms with Crippen molar-refractivity contribution in [2.45, 2.75) is 12.8 Å². The highest BCUT2D eigenvalue weighted by atomic mass is 17.1. The second kappa shape index (κ2) is 3.91. The number of benzene rings is 1. The van der Waals surface area contributed by atoms with Crippen molar-refractivity contribution in [3.63, 3.8) is 0 Å². The normalized spacial score (nSPS) is 12.2. The van der Waals surface area contributed by atoms with E-state index in [1.54, 1.807) is 19.1 Å². The van der Waals surface area contributed by atoms with E-state index in [4.69, 9.17) is 10.4 Å². The molecule has 0 saturated carbocycles. The van der Waals surface area contributed by atoms with Crippen LogP contribution in [-0.2, 0) is 4.79 Å². The molecular formula is C9H10O4. The maximum absolute atomic E-state index is 10.6. The quantitative estimate of drug-likeness (QED) is 0.551. The highest BCUT2D eigenvalue weighted by Crippen LogP contribution is 2.18. The third-order valence-electron chi connectivity index (χ3n) is 1.86. The van der Waals surface area contributed by atoms with Crippen LogP contribution in [0.3, 0.4) is 0 Å². The molecule has 0 bridgehead atoms. The van der Waals surface area contributed by atoms with Crippen LogP contribution >= 0.6 is 0 Å². The minimum absolute atomic E-state index is 0.293. The fourth-order valence-corrected chi connectivity index (χ4v) is 0.960. The summed E-state index contributed by atoms with van der Waals surface area (Å²) in [5.41, 5.74) is 0.674. The zero-order valence-corrected chi connectivity index (χ0v) is 7.10. The van der Waals surface area contributed by atoms with Crippen LogP contribution < -0.4 is 4.89 Å². The van der Waals surface area contributed by atoms with Crippen LogP contribution in [-0.4, -0.2) is 16.3 Å². The minimum Gasteiger partial charge on any atom is -0.481 e. The zero-order valence-electron chi connectivity index (χ0n) is 7.10. The van der Waals surface area contributed by atoms with Crippen LogP contribution in [0, 0.1) is 0 Å². The molecule has 0 aliphatic rings. The summed E-state index contributed by atoms with van der Waals surface area (Å²) in [6, 6.07) is 6.22. The van der Waals surface area contributed by atoms with Gasteiger partial charge < -0.3 is 9.99 Å². The van der Waals surface area contributed by atoms with E-state index in [0.29, 0.717) is 11.3 Å². The molecule has 0 aliphatic heterocycles. The van der Waals surface area contributed by atoms with Gasteiger partial charge in [0.05, 0.1) is 5.92 Å². The monoisotopic (exact) mass is 182 g/mol. The summed E-state index contributed by atoms with van der Waals surface area (Å²) in [6.07, 6.45) is 0. The average molecular weight is 182 g/mol. The molecule has 1 aromatic rings. The van der Waals surface area contributed by atoms with Gasteiger partial charge in [-0.2, -0.15) is 0 Å². The lowest BCUT2D eigenvalue weighted by atomic mass is 10.0. The van der Waals surface area contributed by atoms with Crippen molar-refractivity contribution >= 4 is 5.97 Å². The van der Waals surface area contributed by atoms with E-state index >= 15 is 0 Å². The molecule has 13 heavy (non-hydrogen) atoms. The van der Waals surface area contributed by atoms with E-state index in [1.807, 2.05) is 0 Å². The Balaban J connectivity index is 2.85. The van der Waals surface area contributed by atoms with Crippen molar-refractivity contribution in [2.75, 3.05) is 0 Å². The third kappa shape index (κ3) is 2.19. The first kappa shape index (κ1) is 9.54. The van der Waals surface area contributed by atoms with Gasteiger partial charge in [0.1, 0.15) is 0 Å². The Bertz CT molecular complexity index is 291. The van der Waals surface area contributed by atoms with Gasteiger partial charge in [0.25, 0.3) is 0 Å². The number of aliphatic carboxylic acids is 1. The molecule has 0 spiro atoms. The molecular weight excluding hydrogens is 172 g/mol. The fourth-order valence-electron chi connectivity index (χ4n) is 0.960. The van der Waals surface area contributed by atoms with E-state index < -0.39 is 11.9 Å². The maximum atomic E-state index is 10.6. The van der Waals surface area contributed by atoms with Crippen molar-refractivity contribution in [1.29, 1.82) is 0 Å². The predicted octanol–water partition coefficient (Wildman–Crippen LogP) is 1.73. The number of carboxylic acids is 1. The van der Waals surface area contributed by atoms with E-state index in [1.165, 1.54) is 12.1 Å². The molecule has 1 aromatic carbocycles. The maximum Gasteiger partial charge on any atom is 0.310 e. The number of hydrogen-bond donors (Lipinski definition) is 2. The molecule has 0 aromatic heterocycles. The number of rotatable bonds is 3. The van der Waals surface area contributed by atoms with Gasteiger partial charge in [0.2, 0.25) is 0 Å². The minimum atomic E-state index is -0.877. The Morgan fingerprint density at radius 2 is 1.92 bits per heavy atom. The molecule has 4 nitrogen and oxygen atoms in total. The molecule has 2 N–H and O–H groups in total.